The Bertz CT molecular complexity index is 621. The molecule has 0 aliphatic carbocycles. The van der Waals surface area contributed by atoms with Gasteiger partial charge in [0.05, 0.1) is 5.69 Å². The third-order valence-electron chi connectivity index (χ3n) is 2.47. The van der Waals surface area contributed by atoms with Crippen molar-refractivity contribution in [3.05, 3.63) is 23.8 Å². The monoisotopic (exact) mass is 336 g/mol. The molecule has 1 atom stereocenters. The number of anilines is 2. The Morgan fingerprint density at radius 1 is 1.14 bits per heavy atom. The summed E-state index contributed by atoms with van der Waals surface area (Å²) in [4.78, 5) is 33.8. The van der Waals surface area contributed by atoms with Gasteiger partial charge in [0.25, 0.3) is 0 Å². The maximum absolute atomic E-state index is 13.4. The van der Waals surface area contributed by atoms with E-state index in [1.54, 1.807) is 0 Å². The smallest absolute Gasteiger partial charge is 0.326 e. The van der Waals surface area contributed by atoms with Gasteiger partial charge in [-0.05, 0) is 18.2 Å². The van der Waals surface area contributed by atoms with E-state index in [2.05, 4.69) is 10.6 Å². The number of rotatable bonds is 5. The Morgan fingerprint density at radius 2 is 1.68 bits per heavy atom. The molecule has 0 saturated carbocycles. The number of benzene rings is 1. The molecule has 0 radical (unpaired) electrons. The van der Waals surface area contributed by atoms with Crippen LogP contribution < -0.4 is 10.6 Å². The number of halogens is 4. The topological polar surface area (TPSA) is 75.3 Å². The molecule has 0 aliphatic rings. The van der Waals surface area contributed by atoms with Crippen molar-refractivity contribution in [3.63, 3.8) is 0 Å². The molecule has 9 heteroatoms. The van der Waals surface area contributed by atoms with E-state index in [9.17, 15) is 27.6 Å². The number of carbonyl (C=O) groups is 3. The van der Waals surface area contributed by atoms with Gasteiger partial charge in [-0.25, -0.2) is 4.39 Å². The minimum Gasteiger partial charge on any atom is -0.326 e. The Labute approximate surface area is 128 Å². The third-order valence-corrected chi connectivity index (χ3v) is 2.75. The molecule has 0 heterocycles. The standard InChI is InChI=1S/C13H12ClF3N2O3/c1-6(20)18-8-3-4-9(10(5-8)19-7(2)21)11(22)13(16,17)12(14)15/h3-5,12H,1-2H3,(H,18,20)(H,19,21)/t12-/m0/s1. The van der Waals surface area contributed by atoms with Crippen LogP contribution in [-0.2, 0) is 9.59 Å². The van der Waals surface area contributed by atoms with Crippen LogP contribution in [0.5, 0.6) is 0 Å². The predicted octanol–water partition coefficient (Wildman–Crippen LogP) is 2.96. The number of Topliss-reactive ketones (excluding diaryl/α,β-unsaturated/α-hetero) is 1. The van der Waals surface area contributed by atoms with E-state index < -0.39 is 34.7 Å². The molecule has 1 rings (SSSR count). The number of hydrogen-bond donors (Lipinski definition) is 2. The van der Waals surface area contributed by atoms with Crippen molar-refractivity contribution >= 4 is 40.6 Å². The Hall–Kier alpha value is -2.09. The van der Waals surface area contributed by atoms with E-state index in [4.69, 9.17) is 11.6 Å². The van der Waals surface area contributed by atoms with Crippen LogP contribution in [0.15, 0.2) is 18.2 Å². The number of ketones is 1. The van der Waals surface area contributed by atoms with Gasteiger partial charge >= 0.3 is 5.92 Å². The molecular weight excluding hydrogens is 325 g/mol. The normalized spacial score (nSPS) is 12.5. The second-order valence-electron chi connectivity index (χ2n) is 4.38. The van der Waals surface area contributed by atoms with Crippen molar-refractivity contribution < 1.29 is 27.6 Å². The summed E-state index contributed by atoms with van der Waals surface area (Å²) in [7, 11) is 0. The fourth-order valence-corrected chi connectivity index (χ4v) is 1.69. The molecule has 0 saturated heterocycles. The maximum atomic E-state index is 13.4. The first-order valence-electron chi connectivity index (χ1n) is 5.95. The van der Waals surface area contributed by atoms with Crippen molar-refractivity contribution in [1.29, 1.82) is 0 Å². The largest absolute Gasteiger partial charge is 0.353 e. The summed E-state index contributed by atoms with van der Waals surface area (Å²) < 4.78 is 39.5. The van der Waals surface area contributed by atoms with Crippen LogP contribution in [0.3, 0.4) is 0 Å². The summed E-state index contributed by atoms with van der Waals surface area (Å²) in [6.45, 7) is 2.31. The van der Waals surface area contributed by atoms with Gasteiger partial charge in [-0.1, -0.05) is 11.6 Å². The molecule has 2 N–H and O–H groups in total. The fraction of sp³-hybridized carbons (Fsp3) is 0.308. The lowest BCUT2D eigenvalue weighted by atomic mass is 10.0. The zero-order valence-corrected chi connectivity index (χ0v) is 12.3. The number of nitrogens with one attached hydrogen (secondary N) is 2. The van der Waals surface area contributed by atoms with Crippen LogP contribution in [0, 0.1) is 0 Å². The van der Waals surface area contributed by atoms with Gasteiger partial charge in [0.2, 0.25) is 23.2 Å². The Balaban J connectivity index is 3.31. The SMILES string of the molecule is CC(=O)Nc1ccc(C(=O)C(F)(F)[C@H](F)Cl)c(NC(C)=O)c1. The Morgan fingerprint density at radius 3 is 2.14 bits per heavy atom. The molecule has 2 amide bonds. The van der Waals surface area contributed by atoms with Crippen LogP contribution in [0.1, 0.15) is 24.2 Å². The molecule has 120 valence electrons. The first kappa shape index (κ1) is 18.0. The molecule has 5 nitrogen and oxygen atoms in total. The van der Waals surface area contributed by atoms with E-state index in [-0.39, 0.29) is 11.4 Å². The van der Waals surface area contributed by atoms with Crippen molar-refractivity contribution in [1.82, 2.24) is 0 Å². The van der Waals surface area contributed by atoms with Gasteiger partial charge in [-0.2, -0.15) is 8.78 Å². The summed E-state index contributed by atoms with van der Waals surface area (Å²) in [5, 5.41) is 4.53. The number of alkyl halides is 4. The van der Waals surface area contributed by atoms with Crippen molar-refractivity contribution in [2.24, 2.45) is 0 Å². The maximum Gasteiger partial charge on any atom is 0.353 e. The van der Waals surface area contributed by atoms with Crippen LogP contribution in [-0.4, -0.2) is 29.2 Å². The highest BCUT2D eigenvalue weighted by molar-refractivity contribution is 6.23. The first-order valence-corrected chi connectivity index (χ1v) is 6.39. The molecule has 0 spiro atoms. The molecule has 0 unspecified atom stereocenters. The molecule has 1 aromatic rings. The van der Waals surface area contributed by atoms with Crippen molar-refractivity contribution in [2.45, 2.75) is 25.4 Å². The van der Waals surface area contributed by atoms with E-state index in [1.807, 2.05) is 0 Å². The highest BCUT2D eigenvalue weighted by atomic mass is 35.5. The molecule has 0 aromatic heterocycles. The van der Waals surface area contributed by atoms with Crippen LogP contribution in [0.2, 0.25) is 0 Å². The van der Waals surface area contributed by atoms with Crippen LogP contribution in [0.4, 0.5) is 24.5 Å². The van der Waals surface area contributed by atoms with Gasteiger partial charge in [-0.3, -0.25) is 14.4 Å². The molecular formula is C13H12ClF3N2O3. The van der Waals surface area contributed by atoms with Crippen LogP contribution >= 0.6 is 11.6 Å². The van der Waals surface area contributed by atoms with E-state index in [0.29, 0.717) is 0 Å². The summed E-state index contributed by atoms with van der Waals surface area (Å²) in [6, 6.07) is 3.21. The van der Waals surface area contributed by atoms with Gasteiger partial charge in [0.15, 0.2) is 0 Å². The molecule has 1 aromatic carbocycles. The van der Waals surface area contributed by atoms with Gasteiger partial charge < -0.3 is 10.6 Å². The lowest BCUT2D eigenvalue weighted by molar-refractivity contribution is -0.115. The highest BCUT2D eigenvalue weighted by Gasteiger charge is 2.48. The predicted molar refractivity (Wildman–Crippen MR) is 75.1 cm³/mol. The number of amides is 2. The minimum atomic E-state index is -4.45. The molecule has 0 fully saturated rings. The van der Waals surface area contributed by atoms with Crippen molar-refractivity contribution in [3.8, 4) is 0 Å². The average Bonchev–Trinajstić information content (AvgIpc) is 2.36. The average molecular weight is 337 g/mol. The van der Waals surface area contributed by atoms with E-state index in [0.717, 1.165) is 25.1 Å². The highest BCUT2D eigenvalue weighted by Crippen LogP contribution is 2.32. The zero-order chi connectivity index (χ0) is 17.1. The van der Waals surface area contributed by atoms with Crippen molar-refractivity contribution in [2.75, 3.05) is 10.6 Å². The third kappa shape index (κ3) is 4.20. The van der Waals surface area contributed by atoms with Gasteiger partial charge in [0, 0.05) is 25.1 Å². The molecule has 22 heavy (non-hydrogen) atoms. The zero-order valence-electron chi connectivity index (χ0n) is 11.5. The van der Waals surface area contributed by atoms with Gasteiger partial charge in [0.1, 0.15) is 0 Å². The fourth-order valence-electron chi connectivity index (χ4n) is 1.59. The summed E-state index contributed by atoms with van der Waals surface area (Å²) >= 11 is 4.69. The number of carbonyl (C=O) groups excluding carboxylic acids is 3. The lowest BCUT2D eigenvalue weighted by Crippen LogP contribution is -2.36. The number of hydrogen-bond acceptors (Lipinski definition) is 3. The summed E-state index contributed by atoms with van der Waals surface area (Å²) in [6.07, 6.45) is 0. The summed E-state index contributed by atoms with van der Waals surface area (Å²) in [5.74, 6) is -7.42. The molecule has 0 bridgehead atoms. The lowest BCUT2D eigenvalue weighted by Gasteiger charge is -2.18. The van der Waals surface area contributed by atoms with E-state index >= 15 is 0 Å². The molecule has 0 aliphatic heterocycles. The Kier molecular flexibility index (Phi) is 5.54. The second kappa shape index (κ2) is 6.78. The van der Waals surface area contributed by atoms with Crippen LogP contribution in [0.25, 0.3) is 0 Å². The second-order valence-corrected chi connectivity index (χ2v) is 4.76. The first-order chi connectivity index (χ1) is 10.1. The summed E-state index contributed by atoms with van der Waals surface area (Å²) in [5.41, 5.74) is -3.96. The minimum absolute atomic E-state index is 0.166. The van der Waals surface area contributed by atoms with Gasteiger partial charge in [-0.15, -0.1) is 0 Å². The van der Waals surface area contributed by atoms with E-state index in [1.165, 1.54) is 6.92 Å². The quantitative estimate of drug-likeness (QED) is 0.641.